The standard InChI is InChI=1S/C37H54N4O20/c1-17(45)7-8-19-13-41(40-39-19)9-10-56-34-29(52)28(51)31(23(16-44)58-34)59-35-30(53)33(27(50)22(15-43)57-35)61-37(36(54)55)12-20(46)25(32(60-37)26(49)21(47)14-42)38-24(48)11-18-5-3-2-4-6-18/h2-6,13,20-23,25-35,42-44,46-47,49-53H,7-12,14-16H2,1H3,(H,38,48)(H,54,55)/t20-,21-,22?,23?,25-,26-,27+,28?,29+,30+,31-,32?,33?,34-,35+,37+/m1/s1. The number of Topliss-reactive ketones (excluding diaryl/α,β-unsaturated/α-hetero) is 1. The number of benzene rings is 1. The van der Waals surface area contributed by atoms with Gasteiger partial charge in [-0.15, -0.1) is 5.10 Å². The maximum Gasteiger partial charge on any atom is 0.364 e. The summed E-state index contributed by atoms with van der Waals surface area (Å²) in [6, 6.07) is 6.72. The van der Waals surface area contributed by atoms with E-state index in [2.05, 4.69) is 15.6 Å². The van der Waals surface area contributed by atoms with Gasteiger partial charge < -0.3 is 94.7 Å². The fourth-order valence-corrected chi connectivity index (χ4v) is 7.20. The van der Waals surface area contributed by atoms with Crippen molar-refractivity contribution in [2.45, 2.75) is 137 Å². The van der Waals surface area contributed by atoms with Crippen LogP contribution in [0.5, 0.6) is 0 Å². The van der Waals surface area contributed by atoms with Crippen molar-refractivity contribution < 1.29 is 99.0 Å². The zero-order valence-corrected chi connectivity index (χ0v) is 32.9. The van der Waals surface area contributed by atoms with Gasteiger partial charge in [-0.1, -0.05) is 35.5 Å². The van der Waals surface area contributed by atoms with Crippen LogP contribution in [-0.2, 0) is 62.2 Å². The number of carboxylic acid groups (broad SMARTS) is 1. The Kier molecular flexibility index (Phi) is 17.1. The van der Waals surface area contributed by atoms with E-state index < -0.39 is 136 Å². The topological polar surface area (TPSA) is 372 Å². The van der Waals surface area contributed by atoms with Gasteiger partial charge in [0.05, 0.1) is 57.2 Å². The number of aryl methyl sites for hydroxylation is 1. The highest BCUT2D eigenvalue weighted by molar-refractivity contribution is 5.79. The number of rotatable bonds is 20. The number of aromatic nitrogens is 3. The average molecular weight is 875 g/mol. The molecule has 0 aliphatic carbocycles. The summed E-state index contributed by atoms with van der Waals surface area (Å²) in [4.78, 5) is 37.3. The maximum absolute atomic E-state index is 13.0. The molecule has 61 heavy (non-hydrogen) atoms. The highest BCUT2D eigenvalue weighted by atomic mass is 16.8. The van der Waals surface area contributed by atoms with Crippen molar-refractivity contribution in [2.75, 3.05) is 26.4 Å². The van der Waals surface area contributed by atoms with Crippen LogP contribution in [0.1, 0.15) is 31.0 Å². The zero-order valence-electron chi connectivity index (χ0n) is 32.9. The Bertz CT molecular complexity index is 1720. The van der Waals surface area contributed by atoms with Gasteiger partial charge in [-0.2, -0.15) is 0 Å². The van der Waals surface area contributed by atoms with E-state index in [1.54, 1.807) is 36.5 Å². The third-order valence-corrected chi connectivity index (χ3v) is 10.5. The Morgan fingerprint density at radius 2 is 1.62 bits per heavy atom. The lowest BCUT2D eigenvalue weighted by atomic mass is 9.88. The molecule has 3 fully saturated rings. The monoisotopic (exact) mass is 874 g/mol. The summed E-state index contributed by atoms with van der Waals surface area (Å²) in [5.41, 5.74) is 1.12. The van der Waals surface area contributed by atoms with E-state index in [1.165, 1.54) is 11.6 Å². The van der Waals surface area contributed by atoms with Gasteiger partial charge >= 0.3 is 5.97 Å². The lowest BCUT2D eigenvalue weighted by Gasteiger charge is -2.50. The van der Waals surface area contributed by atoms with Crippen molar-refractivity contribution in [1.29, 1.82) is 0 Å². The van der Waals surface area contributed by atoms with Gasteiger partial charge in [0.15, 0.2) is 12.6 Å². The second-order valence-corrected chi connectivity index (χ2v) is 15.1. The smallest absolute Gasteiger partial charge is 0.364 e. The van der Waals surface area contributed by atoms with Gasteiger partial charge in [0, 0.05) is 19.0 Å². The first-order valence-corrected chi connectivity index (χ1v) is 19.5. The number of hydrogen-bond acceptors (Lipinski definition) is 21. The second-order valence-electron chi connectivity index (χ2n) is 15.1. The first-order chi connectivity index (χ1) is 29.0. The molecular formula is C37H54N4O20. The van der Waals surface area contributed by atoms with E-state index in [1.807, 2.05) is 0 Å². The summed E-state index contributed by atoms with van der Waals surface area (Å²) in [5, 5.41) is 128. The number of carbonyl (C=O) groups excluding carboxylic acids is 2. The molecule has 5 rings (SSSR count). The van der Waals surface area contributed by atoms with Gasteiger partial charge in [0.1, 0.15) is 72.9 Å². The van der Waals surface area contributed by atoms with Gasteiger partial charge in [-0.25, -0.2) is 9.48 Å². The number of aliphatic hydroxyl groups is 10. The second kappa shape index (κ2) is 21.6. The van der Waals surface area contributed by atoms with Crippen LogP contribution in [0.25, 0.3) is 0 Å². The molecule has 1 amide bonds. The molecule has 16 atom stereocenters. The van der Waals surface area contributed by atoms with E-state index in [9.17, 15) is 70.6 Å². The van der Waals surface area contributed by atoms with E-state index >= 15 is 0 Å². The van der Waals surface area contributed by atoms with Crippen LogP contribution in [-0.4, -0.2) is 213 Å². The number of aliphatic hydroxyl groups excluding tert-OH is 10. The number of hydrogen-bond donors (Lipinski definition) is 12. The summed E-state index contributed by atoms with van der Waals surface area (Å²) < 4.78 is 35.4. The number of carbonyl (C=O) groups is 3. The molecule has 342 valence electrons. The molecule has 3 saturated heterocycles. The minimum Gasteiger partial charge on any atom is -0.477 e. The molecule has 3 aliphatic heterocycles. The van der Waals surface area contributed by atoms with Gasteiger partial charge in [-0.3, -0.25) is 4.79 Å². The quantitative estimate of drug-likeness (QED) is 0.0589. The molecule has 1 aromatic heterocycles. The number of ketones is 1. The predicted molar refractivity (Wildman–Crippen MR) is 197 cm³/mol. The minimum atomic E-state index is -3.08. The molecular weight excluding hydrogens is 820 g/mol. The Hall–Kier alpha value is -3.67. The van der Waals surface area contributed by atoms with Crippen molar-refractivity contribution >= 4 is 17.7 Å². The fourth-order valence-electron chi connectivity index (χ4n) is 7.20. The lowest BCUT2D eigenvalue weighted by Crippen LogP contribution is -2.71. The van der Waals surface area contributed by atoms with Crippen LogP contribution in [0.15, 0.2) is 36.5 Å². The molecule has 12 N–H and O–H groups in total. The van der Waals surface area contributed by atoms with E-state index in [4.69, 9.17) is 28.4 Å². The molecule has 4 heterocycles. The number of nitrogens with zero attached hydrogens (tertiary/aromatic N) is 3. The molecule has 3 aliphatic rings. The van der Waals surface area contributed by atoms with Crippen LogP contribution in [0.4, 0.5) is 0 Å². The molecule has 24 heteroatoms. The predicted octanol–water partition coefficient (Wildman–Crippen LogP) is -6.16. The first kappa shape index (κ1) is 48.4. The van der Waals surface area contributed by atoms with Crippen molar-refractivity contribution in [3.63, 3.8) is 0 Å². The minimum absolute atomic E-state index is 0.0180. The van der Waals surface area contributed by atoms with Gasteiger partial charge in [0.2, 0.25) is 5.91 Å². The molecule has 2 aromatic rings. The number of aliphatic carboxylic acids is 1. The molecule has 1 aromatic carbocycles. The lowest BCUT2D eigenvalue weighted by molar-refractivity contribution is -0.386. The molecule has 0 bridgehead atoms. The Morgan fingerprint density at radius 1 is 0.934 bits per heavy atom. The van der Waals surface area contributed by atoms with Crippen LogP contribution < -0.4 is 5.32 Å². The SMILES string of the molecule is CC(=O)CCc1cn(CCO[C@@H]2OC(CO)[C@@H](O[C@@H]3OC(CO)[C@H](O)C(O[C@]4(C(=O)O)C[C@@H](O)[C@@H](NC(=O)Cc5ccccc5)C([C@H](O)[C@H](O)CO)O4)[C@@H]3O)C(O)[C@@H]2O)nn1. The van der Waals surface area contributed by atoms with E-state index in [0.29, 0.717) is 17.7 Å². The summed E-state index contributed by atoms with van der Waals surface area (Å²) >= 11 is 0. The molecule has 5 unspecified atom stereocenters. The van der Waals surface area contributed by atoms with Crippen LogP contribution in [0.2, 0.25) is 0 Å². The van der Waals surface area contributed by atoms with Crippen LogP contribution in [0, 0.1) is 0 Å². The van der Waals surface area contributed by atoms with Gasteiger partial charge in [0.25, 0.3) is 5.79 Å². The Labute approximate surface area is 347 Å². The van der Waals surface area contributed by atoms with Gasteiger partial charge in [-0.05, 0) is 18.9 Å². The first-order valence-electron chi connectivity index (χ1n) is 19.5. The molecule has 0 radical (unpaired) electrons. The summed E-state index contributed by atoms with van der Waals surface area (Å²) in [6.07, 6.45) is -25.7. The number of amides is 1. The maximum atomic E-state index is 13.0. The zero-order chi connectivity index (χ0) is 44.6. The molecule has 24 nitrogen and oxygen atoms in total. The van der Waals surface area contributed by atoms with Crippen molar-refractivity contribution in [3.8, 4) is 0 Å². The number of ether oxygens (including phenoxy) is 6. The van der Waals surface area contributed by atoms with Crippen LogP contribution >= 0.6 is 0 Å². The summed E-state index contributed by atoms with van der Waals surface area (Å²) in [6.45, 7) is -1.49. The number of nitrogens with one attached hydrogen (secondary N) is 1. The average Bonchev–Trinajstić information content (AvgIpc) is 3.70. The van der Waals surface area contributed by atoms with E-state index in [0.717, 1.165) is 0 Å². The van der Waals surface area contributed by atoms with Crippen molar-refractivity contribution in [2.24, 2.45) is 0 Å². The normalized spacial score (nSPS) is 35.3. The summed E-state index contributed by atoms with van der Waals surface area (Å²) in [7, 11) is 0. The third kappa shape index (κ3) is 11.7. The summed E-state index contributed by atoms with van der Waals surface area (Å²) in [5.74, 6) is -5.79. The molecule has 0 saturated carbocycles. The van der Waals surface area contributed by atoms with Crippen molar-refractivity contribution in [3.05, 3.63) is 47.8 Å². The van der Waals surface area contributed by atoms with Crippen LogP contribution in [0.3, 0.4) is 0 Å². The Balaban J connectivity index is 1.30. The highest BCUT2D eigenvalue weighted by Gasteiger charge is 2.60. The Morgan fingerprint density at radius 3 is 2.26 bits per heavy atom. The highest BCUT2D eigenvalue weighted by Crippen LogP contribution is 2.38. The fraction of sp³-hybridized carbons (Fsp3) is 0.703. The van der Waals surface area contributed by atoms with Crippen molar-refractivity contribution in [1.82, 2.24) is 20.3 Å². The van der Waals surface area contributed by atoms with E-state index in [-0.39, 0.29) is 31.8 Å². The third-order valence-electron chi connectivity index (χ3n) is 10.5. The number of carboxylic acids is 1. The largest absolute Gasteiger partial charge is 0.477 e. The molecule has 0 spiro atoms.